The Bertz CT molecular complexity index is 470. The van der Waals surface area contributed by atoms with E-state index in [4.69, 9.17) is 0 Å². The molecule has 2 rings (SSSR count). The Morgan fingerprint density at radius 1 is 1.19 bits per heavy atom. The van der Waals surface area contributed by atoms with E-state index in [1.807, 2.05) is 6.92 Å². The first-order chi connectivity index (χ1) is 10.2. The number of hydrogen-bond donors (Lipinski definition) is 3. The maximum atomic E-state index is 13.8. The van der Waals surface area contributed by atoms with Crippen molar-refractivity contribution in [2.75, 3.05) is 30.3 Å². The molecule has 4 nitrogen and oxygen atoms in total. The van der Waals surface area contributed by atoms with Crippen molar-refractivity contribution in [2.24, 2.45) is 11.8 Å². The number of hydrogen-bond acceptors (Lipinski definition) is 4. The first kappa shape index (κ1) is 15.9. The molecule has 118 valence electrons. The minimum Gasteiger partial charge on any atom is -0.396 e. The summed E-state index contributed by atoms with van der Waals surface area (Å²) in [5.41, 5.74) is 0. The summed E-state index contributed by atoms with van der Waals surface area (Å²) in [6, 6.07) is 0.853. The van der Waals surface area contributed by atoms with E-state index in [0.717, 1.165) is 31.7 Å². The molecule has 3 N–H and O–H groups in total. The van der Waals surface area contributed by atoms with Crippen LogP contribution in [-0.4, -0.2) is 29.8 Å². The van der Waals surface area contributed by atoms with E-state index < -0.39 is 11.6 Å². The van der Waals surface area contributed by atoms with Crippen LogP contribution in [0.15, 0.2) is 6.07 Å². The van der Waals surface area contributed by atoms with Crippen molar-refractivity contribution in [3.63, 3.8) is 0 Å². The second kappa shape index (κ2) is 7.54. The molecule has 0 aromatic carbocycles. The van der Waals surface area contributed by atoms with Gasteiger partial charge in [0.2, 0.25) is 0 Å². The Morgan fingerprint density at radius 3 is 2.52 bits per heavy atom. The maximum absolute atomic E-state index is 13.8. The molecule has 2 unspecified atom stereocenters. The van der Waals surface area contributed by atoms with E-state index in [2.05, 4.69) is 15.6 Å². The topological polar surface area (TPSA) is 57.2 Å². The van der Waals surface area contributed by atoms with Gasteiger partial charge in [0.25, 0.3) is 0 Å². The molecule has 1 aromatic rings. The van der Waals surface area contributed by atoms with Crippen molar-refractivity contribution in [2.45, 2.75) is 32.6 Å². The fourth-order valence-corrected chi connectivity index (χ4v) is 2.81. The highest BCUT2D eigenvalue weighted by Crippen LogP contribution is 2.31. The van der Waals surface area contributed by atoms with Crippen molar-refractivity contribution >= 4 is 11.6 Å². The highest BCUT2D eigenvalue weighted by Gasteiger charge is 2.26. The van der Waals surface area contributed by atoms with Gasteiger partial charge in [-0.2, -0.15) is 0 Å². The van der Waals surface area contributed by atoms with Crippen LogP contribution in [0.4, 0.5) is 20.4 Å². The van der Waals surface area contributed by atoms with E-state index in [9.17, 15) is 13.9 Å². The van der Waals surface area contributed by atoms with Gasteiger partial charge in [0.1, 0.15) is 0 Å². The minimum atomic E-state index is -0.687. The van der Waals surface area contributed by atoms with Gasteiger partial charge >= 0.3 is 0 Å². The Labute approximate surface area is 124 Å². The molecule has 0 amide bonds. The van der Waals surface area contributed by atoms with Gasteiger partial charge in [-0.15, -0.1) is 0 Å². The molecule has 1 heterocycles. The van der Waals surface area contributed by atoms with Crippen LogP contribution in [0, 0.1) is 23.5 Å². The predicted molar refractivity (Wildman–Crippen MR) is 79.3 cm³/mol. The molecule has 0 bridgehead atoms. The summed E-state index contributed by atoms with van der Waals surface area (Å²) < 4.78 is 27.3. The zero-order chi connectivity index (χ0) is 15.2. The second-order valence-corrected chi connectivity index (χ2v) is 5.59. The van der Waals surface area contributed by atoms with Crippen LogP contribution in [0.5, 0.6) is 0 Å². The Morgan fingerprint density at radius 2 is 1.86 bits per heavy atom. The van der Waals surface area contributed by atoms with Crippen molar-refractivity contribution in [3.8, 4) is 0 Å². The summed E-state index contributed by atoms with van der Waals surface area (Å²) in [5, 5.41) is 15.1. The van der Waals surface area contributed by atoms with E-state index in [-0.39, 0.29) is 24.2 Å². The monoisotopic (exact) mass is 299 g/mol. The summed E-state index contributed by atoms with van der Waals surface area (Å²) in [5.74, 6) is -0.648. The number of halogens is 2. The number of aliphatic hydroxyl groups is 1. The third kappa shape index (κ3) is 4.03. The van der Waals surface area contributed by atoms with Gasteiger partial charge in [-0.3, -0.25) is 0 Å². The summed E-state index contributed by atoms with van der Waals surface area (Å²) in [6.07, 6.45) is 3.94. The summed E-state index contributed by atoms with van der Waals surface area (Å²) in [7, 11) is 0. The van der Waals surface area contributed by atoms with Crippen LogP contribution < -0.4 is 10.6 Å². The molecule has 1 aliphatic carbocycles. The lowest BCUT2D eigenvalue weighted by Crippen LogP contribution is -2.22. The van der Waals surface area contributed by atoms with Gasteiger partial charge in [-0.25, -0.2) is 13.8 Å². The van der Waals surface area contributed by atoms with Crippen LogP contribution in [0.3, 0.4) is 0 Å². The van der Waals surface area contributed by atoms with Gasteiger partial charge in [-0.05, 0) is 31.1 Å². The lowest BCUT2D eigenvalue weighted by Gasteiger charge is -2.18. The summed E-state index contributed by atoms with van der Waals surface area (Å²) in [6.45, 7) is 3.26. The molecule has 1 aromatic heterocycles. The van der Waals surface area contributed by atoms with Gasteiger partial charge in [0.05, 0.1) is 0 Å². The smallest absolute Gasteiger partial charge is 0.168 e. The zero-order valence-corrected chi connectivity index (χ0v) is 12.3. The first-order valence-electron chi connectivity index (χ1n) is 7.60. The lowest BCUT2D eigenvalue weighted by atomic mass is 9.97. The summed E-state index contributed by atoms with van der Waals surface area (Å²) >= 11 is 0. The normalized spacial score (nSPS) is 21.5. The summed E-state index contributed by atoms with van der Waals surface area (Å²) in [4.78, 5) is 3.99. The minimum absolute atomic E-state index is 0.0681. The molecule has 0 radical (unpaired) electrons. The van der Waals surface area contributed by atoms with Crippen LogP contribution >= 0.6 is 0 Å². The fourth-order valence-electron chi connectivity index (χ4n) is 2.81. The van der Waals surface area contributed by atoms with E-state index in [1.165, 1.54) is 0 Å². The third-order valence-corrected chi connectivity index (χ3v) is 4.05. The number of aliphatic hydroxyl groups excluding tert-OH is 1. The first-order valence-corrected chi connectivity index (χ1v) is 7.60. The molecule has 6 heteroatoms. The molecular weight excluding hydrogens is 276 g/mol. The second-order valence-electron chi connectivity index (χ2n) is 5.59. The highest BCUT2D eigenvalue weighted by atomic mass is 19.1. The van der Waals surface area contributed by atoms with Gasteiger partial charge in [-0.1, -0.05) is 13.3 Å². The van der Waals surface area contributed by atoms with E-state index in [1.54, 1.807) is 0 Å². The molecule has 21 heavy (non-hydrogen) atoms. The lowest BCUT2D eigenvalue weighted by molar-refractivity contribution is 0.199. The predicted octanol–water partition coefficient (Wildman–Crippen LogP) is 3.00. The van der Waals surface area contributed by atoms with Crippen LogP contribution in [-0.2, 0) is 0 Å². The maximum Gasteiger partial charge on any atom is 0.168 e. The molecule has 0 saturated heterocycles. The van der Waals surface area contributed by atoms with Crippen molar-refractivity contribution < 1.29 is 13.9 Å². The number of nitrogens with zero attached hydrogens (tertiary/aromatic N) is 1. The largest absolute Gasteiger partial charge is 0.396 e. The molecule has 0 spiro atoms. The number of aromatic nitrogens is 1. The van der Waals surface area contributed by atoms with Gasteiger partial charge in [0, 0.05) is 25.8 Å². The van der Waals surface area contributed by atoms with E-state index in [0.29, 0.717) is 19.0 Å². The SMILES string of the molecule is CCCNc1nc(NCC2CCCC2CO)c(F)cc1F. The highest BCUT2D eigenvalue weighted by molar-refractivity contribution is 5.47. The zero-order valence-electron chi connectivity index (χ0n) is 12.3. The molecule has 2 atom stereocenters. The Hall–Kier alpha value is -1.43. The number of nitrogens with one attached hydrogen (secondary N) is 2. The average Bonchev–Trinajstić information content (AvgIpc) is 2.93. The van der Waals surface area contributed by atoms with Crippen LogP contribution in [0.25, 0.3) is 0 Å². The van der Waals surface area contributed by atoms with Crippen molar-refractivity contribution in [3.05, 3.63) is 17.7 Å². The molecule has 0 aliphatic heterocycles. The molecule has 1 aliphatic rings. The fraction of sp³-hybridized carbons (Fsp3) is 0.667. The standard InChI is InChI=1S/C15H23F2N3O/c1-2-6-18-14-12(16)7-13(17)15(20-14)19-8-10-4-3-5-11(10)9-21/h7,10-11,21H,2-6,8-9H2,1H3,(H2,18,19,20). The quantitative estimate of drug-likeness (QED) is 0.724. The Balaban J connectivity index is 2.01. The average molecular weight is 299 g/mol. The van der Waals surface area contributed by atoms with Gasteiger partial charge in [0.15, 0.2) is 23.3 Å². The van der Waals surface area contributed by atoms with Crippen LogP contribution in [0.1, 0.15) is 32.6 Å². The molecular formula is C15H23F2N3O. The van der Waals surface area contributed by atoms with Crippen molar-refractivity contribution in [1.29, 1.82) is 0 Å². The molecule has 1 fully saturated rings. The number of anilines is 2. The van der Waals surface area contributed by atoms with Crippen molar-refractivity contribution in [1.82, 2.24) is 4.98 Å². The number of pyridine rings is 1. The van der Waals surface area contributed by atoms with E-state index >= 15 is 0 Å². The number of rotatable bonds is 7. The Kier molecular flexibility index (Phi) is 5.73. The molecule has 1 saturated carbocycles. The third-order valence-electron chi connectivity index (χ3n) is 4.05. The van der Waals surface area contributed by atoms with Gasteiger partial charge < -0.3 is 15.7 Å². The van der Waals surface area contributed by atoms with Crippen LogP contribution in [0.2, 0.25) is 0 Å².